The largest absolute Gasteiger partial charge is 0.613 e. The maximum absolute atomic E-state index is 12.4. The number of carbonyl (C=O) groups is 1. The zero-order chi connectivity index (χ0) is 16.4. The molecule has 0 spiro atoms. The van der Waals surface area contributed by atoms with Gasteiger partial charge < -0.3 is 0 Å². The van der Waals surface area contributed by atoms with Crippen LogP contribution in [-0.2, 0) is 0 Å². The molecule has 2 aromatic rings. The van der Waals surface area contributed by atoms with Crippen LogP contribution >= 0.6 is 0 Å². The van der Waals surface area contributed by atoms with Crippen LogP contribution in [0.25, 0.3) is 5.57 Å². The first-order chi connectivity index (χ1) is 11.8. The first kappa shape index (κ1) is 14.8. The lowest BCUT2D eigenvalue weighted by Crippen LogP contribution is -2.10. The number of rotatable bonds is 1. The highest BCUT2D eigenvalue weighted by Gasteiger charge is 2.26. The number of ketones is 1. The normalized spacial score (nSPS) is 18.1. The molecule has 0 unspecified atom stereocenters. The third kappa shape index (κ3) is 2.76. The second-order valence-electron chi connectivity index (χ2n) is 6.22. The van der Waals surface area contributed by atoms with Gasteiger partial charge in [-0.1, -0.05) is 42.0 Å². The Bertz CT molecular complexity index is 862. The highest BCUT2D eigenvalue weighted by atomic mass is 16.5. The van der Waals surface area contributed by atoms with Crippen LogP contribution < -0.4 is 0 Å². The van der Waals surface area contributed by atoms with Gasteiger partial charge in [-0.3, -0.25) is 4.42 Å². The Morgan fingerprint density at radius 3 is 2.21 bits per heavy atom. The molecule has 2 aliphatic rings. The molecule has 2 aromatic carbocycles. The van der Waals surface area contributed by atoms with Crippen molar-refractivity contribution in [2.75, 3.05) is 0 Å². The van der Waals surface area contributed by atoms with Crippen LogP contribution in [0.15, 0.2) is 72.3 Å². The van der Waals surface area contributed by atoms with Crippen LogP contribution in [0, 0.1) is 0 Å². The predicted molar refractivity (Wildman–Crippen MR) is 96.1 cm³/mol. The van der Waals surface area contributed by atoms with E-state index in [-0.39, 0.29) is 5.97 Å². The molecule has 118 valence electrons. The van der Waals surface area contributed by atoms with E-state index in [1.165, 1.54) is 42.4 Å². The standard InChI is InChI=1S/C22H19O2/c23-22(17-10-2-1-3-11-17)24-21-15-14-18(16-8-4-5-9-16)19-12-6-7-13-20(19)21/h1-3,6-7,10-15H,4-5,8-9H2/q+1. The van der Waals surface area contributed by atoms with Gasteiger partial charge in [-0.25, -0.2) is 0 Å². The second kappa shape index (κ2) is 6.40. The quantitative estimate of drug-likeness (QED) is 0.669. The Balaban J connectivity index is 1.77. The summed E-state index contributed by atoms with van der Waals surface area (Å²) >= 11 is 0. The first-order valence-corrected chi connectivity index (χ1v) is 8.47. The molecule has 0 amide bonds. The molecule has 1 fully saturated rings. The third-order valence-electron chi connectivity index (χ3n) is 4.68. The molecule has 0 radical (unpaired) electrons. The van der Waals surface area contributed by atoms with Crippen LogP contribution in [0.2, 0.25) is 0 Å². The molecule has 0 atom stereocenters. The van der Waals surface area contributed by atoms with Crippen molar-refractivity contribution in [3.63, 3.8) is 0 Å². The molecule has 0 N–H and O–H groups in total. The summed E-state index contributed by atoms with van der Waals surface area (Å²) in [5.74, 6) is 0.309. The Kier molecular flexibility index (Phi) is 3.96. The summed E-state index contributed by atoms with van der Waals surface area (Å²) in [5, 5.41) is 0. The predicted octanol–water partition coefficient (Wildman–Crippen LogP) is 5.14. The lowest BCUT2D eigenvalue weighted by molar-refractivity contribution is -0.166. The van der Waals surface area contributed by atoms with Crippen molar-refractivity contribution in [1.29, 1.82) is 0 Å². The van der Waals surface area contributed by atoms with Gasteiger partial charge >= 0.3 is 5.97 Å². The summed E-state index contributed by atoms with van der Waals surface area (Å²) in [6.07, 6.45) is 8.93. The molecule has 0 aliphatic heterocycles. The topological polar surface area (TPSA) is 28.4 Å². The number of hydrogen-bond donors (Lipinski definition) is 0. The van der Waals surface area contributed by atoms with E-state index < -0.39 is 0 Å². The van der Waals surface area contributed by atoms with Crippen LogP contribution in [0.4, 0.5) is 0 Å². The average molecular weight is 315 g/mol. The Hall–Kier alpha value is -2.74. The first-order valence-electron chi connectivity index (χ1n) is 8.47. The fourth-order valence-corrected chi connectivity index (χ4v) is 3.47. The van der Waals surface area contributed by atoms with Gasteiger partial charge in [0.05, 0.1) is 10.4 Å². The number of benzene rings is 2. The van der Waals surface area contributed by atoms with Gasteiger partial charge in [0.1, 0.15) is 5.56 Å². The molecule has 2 heteroatoms. The average Bonchev–Trinajstić information content (AvgIpc) is 3.17. The minimum absolute atomic E-state index is 0.318. The summed E-state index contributed by atoms with van der Waals surface area (Å²) in [6, 6.07) is 17.3. The molecule has 4 rings (SSSR count). The molecule has 24 heavy (non-hydrogen) atoms. The molecule has 0 heterocycles. The van der Waals surface area contributed by atoms with Crippen molar-refractivity contribution in [3.8, 4) is 0 Å². The molecule has 2 nitrogen and oxygen atoms in total. The van der Waals surface area contributed by atoms with E-state index in [1.807, 2.05) is 42.5 Å². The Morgan fingerprint density at radius 2 is 1.46 bits per heavy atom. The lowest BCUT2D eigenvalue weighted by atomic mass is 9.88. The van der Waals surface area contributed by atoms with Crippen molar-refractivity contribution in [2.24, 2.45) is 0 Å². The maximum Gasteiger partial charge on any atom is 0.613 e. The molecule has 1 saturated carbocycles. The highest BCUT2D eigenvalue weighted by molar-refractivity contribution is 6.14. The SMILES string of the molecule is O=C([O+]=C1C=CC(=C2CCCC2)c2ccccc21)c1ccccc1. The van der Waals surface area contributed by atoms with Crippen LogP contribution in [0.5, 0.6) is 0 Å². The van der Waals surface area contributed by atoms with Gasteiger partial charge in [-0.05, 0) is 61.1 Å². The Labute approximate surface area is 141 Å². The lowest BCUT2D eigenvalue weighted by Gasteiger charge is -2.15. The Morgan fingerprint density at radius 1 is 0.792 bits per heavy atom. The van der Waals surface area contributed by atoms with Crippen molar-refractivity contribution in [1.82, 2.24) is 0 Å². The van der Waals surface area contributed by atoms with Crippen molar-refractivity contribution < 1.29 is 9.22 Å². The highest BCUT2D eigenvalue weighted by Crippen LogP contribution is 2.36. The van der Waals surface area contributed by atoms with Crippen LogP contribution in [-0.4, -0.2) is 11.8 Å². The van der Waals surface area contributed by atoms with Gasteiger partial charge in [0.2, 0.25) is 0 Å². The van der Waals surface area contributed by atoms with E-state index in [2.05, 4.69) is 12.1 Å². The molecule has 0 bridgehead atoms. The molecular formula is C22H19O2+. The number of carbonyl (C=O) groups excluding carboxylic acids is 2. The molecule has 0 saturated heterocycles. The van der Waals surface area contributed by atoms with Crippen molar-refractivity contribution >= 4 is 17.3 Å². The monoisotopic (exact) mass is 315 g/mol. The zero-order valence-corrected chi connectivity index (χ0v) is 13.5. The fraction of sp³-hybridized carbons (Fsp3) is 0.182. The molecule has 0 aromatic heterocycles. The van der Waals surface area contributed by atoms with Gasteiger partial charge in [-0.15, -0.1) is 0 Å². The number of allylic oxidation sites excluding steroid dienone is 4. The van der Waals surface area contributed by atoms with Crippen LogP contribution in [0.1, 0.15) is 51.6 Å². The van der Waals surface area contributed by atoms with Crippen molar-refractivity contribution in [3.05, 3.63) is 89.0 Å². The summed E-state index contributed by atoms with van der Waals surface area (Å²) in [5.41, 5.74) is 5.57. The minimum Gasteiger partial charge on any atom is -0.267 e. The second-order valence-corrected chi connectivity index (χ2v) is 6.22. The van der Waals surface area contributed by atoms with Gasteiger partial charge in [0.25, 0.3) is 5.78 Å². The van der Waals surface area contributed by atoms with E-state index in [0.29, 0.717) is 11.3 Å². The van der Waals surface area contributed by atoms with Crippen LogP contribution in [0.3, 0.4) is 0 Å². The fourth-order valence-electron chi connectivity index (χ4n) is 3.47. The van der Waals surface area contributed by atoms with Gasteiger partial charge in [0, 0.05) is 6.08 Å². The van der Waals surface area contributed by atoms with E-state index in [1.54, 1.807) is 12.1 Å². The van der Waals surface area contributed by atoms with Gasteiger partial charge in [-0.2, -0.15) is 0 Å². The van der Waals surface area contributed by atoms with Crippen molar-refractivity contribution in [2.45, 2.75) is 25.7 Å². The maximum atomic E-state index is 12.4. The number of fused-ring (bicyclic) bond motifs is 1. The smallest absolute Gasteiger partial charge is 0.267 e. The minimum atomic E-state index is -0.318. The van der Waals surface area contributed by atoms with E-state index >= 15 is 0 Å². The van der Waals surface area contributed by atoms with E-state index in [9.17, 15) is 4.79 Å². The molecule has 2 aliphatic carbocycles. The molecular weight excluding hydrogens is 296 g/mol. The van der Waals surface area contributed by atoms with Gasteiger partial charge in [0.15, 0.2) is 0 Å². The summed E-state index contributed by atoms with van der Waals surface area (Å²) < 4.78 is 5.68. The summed E-state index contributed by atoms with van der Waals surface area (Å²) in [7, 11) is 0. The third-order valence-corrected chi connectivity index (χ3v) is 4.68. The van der Waals surface area contributed by atoms with E-state index in [4.69, 9.17) is 4.42 Å². The number of hydrogen-bond acceptors (Lipinski definition) is 1. The summed E-state index contributed by atoms with van der Waals surface area (Å²) in [6.45, 7) is 0. The van der Waals surface area contributed by atoms with E-state index in [0.717, 1.165) is 5.56 Å². The zero-order valence-electron chi connectivity index (χ0n) is 13.5. The summed E-state index contributed by atoms with van der Waals surface area (Å²) in [4.78, 5) is 12.4.